The Morgan fingerprint density at radius 2 is 1.93 bits per heavy atom. The van der Waals surface area contributed by atoms with Gasteiger partial charge < -0.3 is 9.05 Å². The normalized spacial score (nSPS) is 24.3. The van der Waals surface area contributed by atoms with Gasteiger partial charge >= 0.3 is 7.82 Å². The Morgan fingerprint density at radius 1 is 1.27 bits per heavy atom. The van der Waals surface area contributed by atoms with Crippen molar-refractivity contribution in [3.8, 4) is 11.5 Å². The number of para-hydroxylation sites is 1. The third-order valence-electron chi connectivity index (χ3n) is 2.21. The summed E-state index contributed by atoms with van der Waals surface area (Å²) in [4.78, 5) is 9.22. The van der Waals surface area contributed by atoms with E-state index in [1.807, 2.05) is 26.8 Å². The molecule has 0 bridgehead atoms. The van der Waals surface area contributed by atoms with Gasteiger partial charge in [0.1, 0.15) is 0 Å². The lowest BCUT2D eigenvalue weighted by Gasteiger charge is -2.20. The Kier molecular flexibility index (Phi) is 2.11. The minimum absolute atomic E-state index is 0.154. The molecule has 0 aliphatic carbocycles. The second kappa shape index (κ2) is 3.00. The molecule has 0 fully saturated rings. The van der Waals surface area contributed by atoms with Crippen LogP contribution in [-0.4, -0.2) is 4.89 Å². The molecule has 0 saturated heterocycles. The van der Waals surface area contributed by atoms with Gasteiger partial charge in [-0.15, -0.1) is 0 Å². The molecule has 15 heavy (non-hydrogen) atoms. The van der Waals surface area contributed by atoms with Crippen LogP contribution in [0.2, 0.25) is 0 Å². The summed E-state index contributed by atoms with van der Waals surface area (Å²) in [5, 5.41) is 0. The molecule has 1 aliphatic rings. The maximum Gasteiger partial charge on any atom is 0.585 e. The summed E-state index contributed by atoms with van der Waals surface area (Å²) in [6.45, 7) is 6.02. The average molecular weight is 228 g/mol. The van der Waals surface area contributed by atoms with Crippen molar-refractivity contribution in [1.82, 2.24) is 0 Å². The molecule has 0 aromatic heterocycles. The van der Waals surface area contributed by atoms with E-state index in [4.69, 9.17) is 9.05 Å². The van der Waals surface area contributed by atoms with Crippen LogP contribution < -0.4 is 9.05 Å². The van der Waals surface area contributed by atoms with Crippen LogP contribution in [0.3, 0.4) is 0 Å². The summed E-state index contributed by atoms with van der Waals surface area (Å²) in [6.07, 6.45) is 0. The highest BCUT2D eigenvalue weighted by atomic mass is 31.2. The largest absolute Gasteiger partial charge is 0.585 e. The first kappa shape index (κ1) is 10.5. The molecular formula is C10H13O4P. The molecule has 0 amide bonds. The number of benzene rings is 1. The molecular weight excluding hydrogens is 215 g/mol. The number of phosphoric acid groups is 1. The quantitative estimate of drug-likeness (QED) is 0.693. The zero-order chi connectivity index (χ0) is 11.3. The first-order chi connectivity index (χ1) is 6.80. The molecule has 0 radical (unpaired) electrons. The summed E-state index contributed by atoms with van der Waals surface area (Å²) in [6, 6.07) is 5.28. The zero-order valence-corrected chi connectivity index (χ0v) is 9.75. The predicted molar refractivity (Wildman–Crippen MR) is 56.2 cm³/mol. The second-order valence-corrected chi connectivity index (χ2v) is 5.84. The van der Waals surface area contributed by atoms with Crippen LogP contribution in [-0.2, 0) is 9.98 Å². The van der Waals surface area contributed by atoms with Crippen molar-refractivity contribution >= 4 is 7.82 Å². The number of fused-ring (bicyclic) bond motifs is 1. The minimum Gasteiger partial charge on any atom is -0.391 e. The van der Waals surface area contributed by atoms with Gasteiger partial charge in [0.25, 0.3) is 0 Å². The van der Waals surface area contributed by atoms with E-state index in [2.05, 4.69) is 0 Å². The second-order valence-electron chi connectivity index (χ2n) is 4.53. The Balaban J connectivity index is 2.56. The van der Waals surface area contributed by atoms with Crippen LogP contribution in [0.25, 0.3) is 0 Å². The van der Waals surface area contributed by atoms with Crippen molar-refractivity contribution in [2.45, 2.75) is 26.2 Å². The average Bonchev–Trinajstić information content (AvgIpc) is 2.35. The predicted octanol–water partition coefficient (Wildman–Crippen LogP) is 2.86. The maximum atomic E-state index is 11.3. The van der Waals surface area contributed by atoms with E-state index in [1.165, 1.54) is 0 Å². The highest BCUT2D eigenvalue weighted by Gasteiger charge is 2.38. The van der Waals surface area contributed by atoms with E-state index in [0.717, 1.165) is 5.56 Å². The fourth-order valence-electron chi connectivity index (χ4n) is 1.53. The third-order valence-corrected chi connectivity index (χ3v) is 3.05. The van der Waals surface area contributed by atoms with E-state index >= 15 is 0 Å². The molecule has 1 aliphatic heterocycles. The lowest BCUT2D eigenvalue weighted by Crippen LogP contribution is -2.11. The van der Waals surface area contributed by atoms with E-state index < -0.39 is 7.82 Å². The minimum atomic E-state index is -3.92. The molecule has 1 atom stereocenters. The number of hydrogen-bond donors (Lipinski definition) is 1. The van der Waals surface area contributed by atoms with Gasteiger partial charge in [-0.3, -0.25) is 4.89 Å². The first-order valence-corrected chi connectivity index (χ1v) is 6.15. The highest BCUT2D eigenvalue weighted by Crippen LogP contribution is 2.57. The van der Waals surface area contributed by atoms with Crippen LogP contribution in [0.4, 0.5) is 0 Å². The third kappa shape index (κ3) is 1.87. The van der Waals surface area contributed by atoms with Crippen LogP contribution in [0.15, 0.2) is 18.2 Å². The lowest BCUT2D eigenvalue weighted by atomic mass is 9.86. The fourth-order valence-corrected chi connectivity index (χ4v) is 2.38. The van der Waals surface area contributed by atoms with Crippen LogP contribution >= 0.6 is 7.82 Å². The van der Waals surface area contributed by atoms with E-state index in [0.29, 0.717) is 11.5 Å². The van der Waals surface area contributed by atoms with Crippen molar-refractivity contribution in [1.29, 1.82) is 0 Å². The summed E-state index contributed by atoms with van der Waals surface area (Å²) in [5.41, 5.74) is 0.714. The van der Waals surface area contributed by atoms with Gasteiger partial charge in [0.2, 0.25) is 0 Å². The standard InChI is InChI=1S/C10H13O4P/c1-10(2,3)7-5-4-6-8-9(7)14-15(11,12)13-8/h4-6H,1-3H3,(H,11,12). The van der Waals surface area contributed by atoms with Crippen LogP contribution in [0, 0.1) is 0 Å². The molecule has 1 heterocycles. The van der Waals surface area contributed by atoms with Gasteiger partial charge in [-0.05, 0) is 11.5 Å². The van der Waals surface area contributed by atoms with Crippen molar-refractivity contribution in [2.75, 3.05) is 0 Å². The molecule has 0 saturated carbocycles. The Morgan fingerprint density at radius 3 is 2.53 bits per heavy atom. The molecule has 5 heteroatoms. The molecule has 1 unspecified atom stereocenters. The Hall–Kier alpha value is -0.990. The summed E-state index contributed by atoms with van der Waals surface area (Å²) in [7, 11) is -3.92. The summed E-state index contributed by atoms with van der Waals surface area (Å²) in [5.74, 6) is 0.726. The Bertz CT molecular complexity index is 447. The van der Waals surface area contributed by atoms with E-state index in [-0.39, 0.29) is 5.41 Å². The molecule has 0 spiro atoms. The topological polar surface area (TPSA) is 55.8 Å². The summed E-state index contributed by atoms with van der Waals surface area (Å²) < 4.78 is 21.0. The highest BCUT2D eigenvalue weighted by molar-refractivity contribution is 7.48. The lowest BCUT2D eigenvalue weighted by molar-refractivity contribution is 0.322. The molecule has 4 nitrogen and oxygen atoms in total. The van der Waals surface area contributed by atoms with Gasteiger partial charge in [-0.2, -0.15) is 0 Å². The number of rotatable bonds is 0. The molecule has 1 aromatic carbocycles. The van der Waals surface area contributed by atoms with Gasteiger partial charge in [-0.25, -0.2) is 4.57 Å². The van der Waals surface area contributed by atoms with Crippen molar-refractivity contribution < 1.29 is 18.5 Å². The van der Waals surface area contributed by atoms with Crippen molar-refractivity contribution in [3.63, 3.8) is 0 Å². The van der Waals surface area contributed by atoms with Crippen molar-refractivity contribution in [2.24, 2.45) is 0 Å². The number of phosphoric ester groups is 1. The molecule has 82 valence electrons. The van der Waals surface area contributed by atoms with E-state index in [9.17, 15) is 9.46 Å². The maximum absolute atomic E-state index is 11.3. The van der Waals surface area contributed by atoms with Gasteiger partial charge in [-0.1, -0.05) is 32.9 Å². The first-order valence-electron chi connectivity index (χ1n) is 4.65. The SMILES string of the molecule is CC(C)(C)c1cccc2c1OP(=O)(O)O2. The summed E-state index contributed by atoms with van der Waals surface area (Å²) >= 11 is 0. The van der Waals surface area contributed by atoms with Gasteiger partial charge in [0.15, 0.2) is 11.5 Å². The smallest absolute Gasteiger partial charge is 0.391 e. The molecule has 1 aromatic rings. The van der Waals surface area contributed by atoms with Crippen molar-refractivity contribution in [3.05, 3.63) is 23.8 Å². The van der Waals surface area contributed by atoms with Gasteiger partial charge in [0, 0.05) is 5.56 Å². The van der Waals surface area contributed by atoms with Crippen LogP contribution in [0.5, 0.6) is 11.5 Å². The zero-order valence-electron chi connectivity index (χ0n) is 8.85. The molecule has 1 N–H and O–H groups in total. The number of hydrogen-bond acceptors (Lipinski definition) is 3. The van der Waals surface area contributed by atoms with Gasteiger partial charge in [0.05, 0.1) is 0 Å². The molecule has 2 rings (SSSR count). The van der Waals surface area contributed by atoms with Crippen LogP contribution in [0.1, 0.15) is 26.3 Å². The van der Waals surface area contributed by atoms with E-state index in [1.54, 1.807) is 12.1 Å². The monoisotopic (exact) mass is 228 g/mol. The fraction of sp³-hybridized carbons (Fsp3) is 0.400. The Labute approximate surface area is 88.5 Å².